The van der Waals surface area contributed by atoms with Gasteiger partial charge in [0.1, 0.15) is 16.4 Å². The molecule has 3 amide bonds. The van der Waals surface area contributed by atoms with Gasteiger partial charge in [-0.15, -0.1) is 0 Å². The van der Waals surface area contributed by atoms with Crippen LogP contribution in [-0.4, -0.2) is 36.3 Å². The molecule has 0 spiro atoms. The lowest BCUT2D eigenvalue weighted by atomic mass is 10.2. The van der Waals surface area contributed by atoms with E-state index in [-0.39, 0.29) is 29.3 Å². The Morgan fingerprint density at radius 2 is 1.53 bits per heavy atom. The highest BCUT2D eigenvalue weighted by molar-refractivity contribution is 8.04. The minimum Gasteiger partial charge on any atom is -0.497 e. The van der Waals surface area contributed by atoms with Crippen LogP contribution in [0.2, 0.25) is 0 Å². The van der Waals surface area contributed by atoms with Crippen molar-refractivity contribution in [3.63, 3.8) is 0 Å². The number of imide groups is 1. The fraction of sp³-hybridized carbons (Fsp3) is 0.179. The summed E-state index contributed by atoms with van der Waals surface area (Å²) in [7, 11) is 1.58. The number of rotatable bonds is 9. The lowest BCUT2D eigenvalue weighted by Crippen LogP contribution is -2.35. The molecule has 1 heterocycles. The summed E-state index contributed by atoms with van der Waals surface area (Å²) in [5, 5.41) is 6.00. The lowest BCUT2D eigenvalue weighted by molar-refractivity contribution is -0.137. The Hall–Kier alpha value is -4.04. The average Bonchev–Trinajstić information content (AvgIpc) is 3.09. The standard InChI is InChI=1S/C28H27N3O4S/c1-18(2)17-31-27(33)24(29-20-9-13-22(35-3)14-10-20)25(28(31)34)36-23-15-11-21(12-16-23)30-26(32)19-7-5-4-6-8-19/h4-16,18,29H,17H2,1-3H3,(H,30,32). The molecule has 3 aromatic carbocycles. The van der Waals surface area contributed by atoms with Gasteiger partial charge in [-0.2, -0.15) is 0 Å². The smallest absolute Gasteiger partial charge is 0.278 e. The SMILES string of the molecule is COc1ccc(NC2=C(Sc3ccc(NC(=O)c4ccccc4)cc3)C(=O)N(CC(C)C)C2=O)cc1. The summed E-state index contributed by atoms with van der Waals surface area (Å²) in [6.45, 7) is 4.26. The Balaban J connectivity index is 1.55. The Kier molecular flexibility index (Phi) is 7.75. The van der Waals surface area contributed by atoms with Crippen LogP contribution in [0.25, 0.3) is 0 Å². The van der Waals surface area contributed by atoms with Gasteiger partial charge in [0.2, 0.25) is 0 Å². The number of carbonyl (C=O) groups is 3. The Morgan fingerprint density at radius 1 is 0.889 bits per heavy atom. The number of hydrogen-bond acceptors (Lipinski definition) is 6. The van der Waals surface area contributed by atoms with E-state index in [1.807, 2.05) is 44.2 Å². The summed E-state index contributed by atoms with van der Waals surface area (Å²) in [6.07, 6.45) is 0. The molecular weight excluding hydrogens is 474 g/mol. The van der Waals surface area contributed by atoms with Crippen molar-refractivity contribution in [1.29, 1.82) is 0 Å². The maximum Gasteiger partial charge on any atom is 0.278 e. The van der Waals surface area contributed by atoms with E-state index in [1.165, 1.54) is 16.7 Å². The number of hydrogen-bond donors (Lipinski definition) is 2. The van der Waals surface area contributed by atoms with Crippen LogP contribution in [0, 0.1) is 5.92 Å². The molecule has 1 aliphatic heterocycles. The molecule has 0 aromatic heterocycles. The highest BCUT2D eigenvalue weighted by Crippen LogP contribution is 2.36. The second-order valence-electron chi connectivity index (χ2n) is 8.62. The molecule has 36 heavy (non-hydrogen) atoms. The molecule has 1 aliphatic rings. The van der Waals surface area contributed by atoms with Gasteiger partial charge in [0.15, 0.2) is 0 Å². The quantitative estimate of drug-likeness (QED) is 0.383. The molecule has 0 saturated heterocycles. The molecule has 0 atom stereocenters. The molecule has 0 aliphatic carbocycles. The van der Waals surface area contributed by atoms with Crippen molar-refractivity contribution in [1.82, 2.24) is 4.90 Å². The fourth-order valence-electron chi connectivity index (χ4n) is 3.63. The summed E-state index contributed by atoms with van der Waals surface area (Å²) >= 11 is 1.22. The van der Waals surface area contributed by atoms with Crippen molar-refractivity contribution in [2.75, 3.05) is 24.3 Å². The van der Waals surface area contributed by atoms with Gasteiger partial charge in [-0.3, -0.25) is 19.3 Å². The number of ether oxygens (including phenoxy) is 1. The average molecular weight is 502 g/mol. The molecule has 0 unspecified atom stereocenters. The minimum absolute atomic E-state index is 0.136. The maximum atomic E-state index is 13.2. The van der Waals surface area contributed by atoms with Gasteiger partial charge < -0.3 is 15.4 Å². The first-order chi connectivity index (χ1) is 17.4. The molecule has 4 rings (SSSR count). The van der Waals surface area contributed by atoms with E-state index in [0.717, 1.165) is 4.90 Å². The van der Waals surface area contributed by atoms with E-state index < -0.39 is 0 Å². The molecular formula is C28H27N3O4S. The highest BCUT2D eigenvalue weighted by atomic mass is 32.2. The van der Waals surface area contributed by atoms with Crippen LogP contribution in [0.1, 0.15) is 24.2 Å². The van der Waals surface area contributed by atoms with Gasteiger partial charge in [-0.25, -0.2) is 0 Å². The highest BCUT2D eigenvalue weighted by Gasteiger charge is 2.39. The molecule has 0 bridgehead atoms. The van der Waals surface area contributed by atoms with Gasteiger partial charge >= 0.3 is 0 Å². The molecule has 3 aromatic rings. The van der Waals surface area contributed by atoms with Crippen molar-refractivity contribution < 1.29 is 19.1 Å². The van der Waals surface area contributed by atoms with Crippen LogP contribution in [0.15, 0.2) is 94.4 Å². The first kappa shape index (κ1) is 25.1. The molecule has 2 N–H and O–H groups in total. The summed E-state index contributed by atoms with van der Waals surface area (Å²) < 4.78 is 5.20. The number of nitrogens with one attached hydrogen (secondary N) is 2. The van der Waals surface area contributed by atoms with E-state index in [4.69, 9.17) is 4.74 Å². The van der Waals surface area contributed by atoms with E-state index in [9.17, 15) is 14.4 Å². The van der Waals surface area contributed by atoms with Gasteiger partial charge in [0.05, 0.1) is 7.11 Å². The van der Waals surface area contributed by atoms with Crippen molar-refractivity contribution in [3.05, 3.63) is 95.0 Å². The third-order valence-electron chi connectivity index (χ3n) is 5.40. The van der Waals surface area contributed by atoms with Crippen LogP contribution in [0.5, 0.6) is 5.75 Å². The number of thioether (sulfide) groups is 1. The third kappa shape index (κ3) is 5.78. The van der Waals surface area contributed by atoms with Crippen LogP contribution in [-0.2, 0) is 9.59 Å². The number of carbonyl (C=O) groups excluding carboxylic acids is 3. The summed E-state index contributed by atoms with van der Waals surface area (Å²) in [5.41, 5.74) is 2.12. The Bertz CT molecular complexity index is 1290. The van der Waals surface area contributed by atoms with Gasteiger partial charge in [0.25, 0.3) is 17.7 Å². The normalized spacial score (nSPS) is 13.4. The van der Waals surface area contributed by atoms with Gasteiger partial charge in [0, 0.05) is 28.4 Å². The van der Waals surface area contributed by atoms with E-state index in [2.05, 4.69) is 10.6 Å². The molecule has 0 saturated carbocycles. The van der Waals surface area contributed by atoms with Crippen molar-refractivity contribution in [2.24, 2.45) is 5.92 Å². The summed E-state index contributed by atoms with van der Waals surface area (Å²) in [6, 6.07) is 23.3. The lowest BCUT2D eigenvalue weighted by Gasteiger charge is -2.17. The monoisotopic (exact) mass is 501 g/mol. The third-order valence-corrected chi connectivity index (χ3v) is 6.49. The Morgan fingerprint density at radius 3 is 2.14 bits per heavy atom. The summed E-state index contributed by atoms with van der Waals surface area (Å²) in [4.78, 5) is 41.2. The predicted molar refractivity (Wildman–Crippen MR) is 142 cm³/mol. The number of methoxy groups -OCH3 is 1. The predicted octanol–water partition coefficient (Wildman–Crippen LogP) is 5.39. The minimum atomic E-state index is -0.348. The number of amides is 3. The van der Waals surface area contributed by atoms with Crippen molar-refractivity contribution >= 4 is 40.9 Å². The van der Waals surface area contributed by atoms with Crippen molar-refractivity contribution in [2.45, 2.75) is 18.7 Å². The van der Waals surface area contributed by atoms with E-state index in [0.29, 0.717) is 34.1 Å². The second kappa shape index (κ2) is 11.1. The molecule has 0 fully saturated rings. The van der Waals surface area contributed by atoms with Crippen LogP contribution >= 0.6 is 11.8 Å². The van der Waals surface area contributed by atoms with E-state index >= 15 is 0 Å². The number of anilines is 2. The zero-order valence-corrected chi connectivity index (χ0v) is 21.1. The summed E-state index contributed by atoms with van der Waals surface area (Å²) in [5.74, 6) is -0.0451. The van der Waals surface area contributed by atoms with E-state index in [1.54, 1.807) is 55.6 Å². The van der Waals surface area contributed by atoms with Crippen LogP contribution < -0.4 is 15.4 Å². The first-order valence-corrected chi connectivity index (χ1v) is 12.3. The largest absolute Gasteiger partial charge is 0.497 e. The Labute approximate surface area is 214 Å². The first-order valence-electron chi connectivity index (χ1n) is 11.5. The second-order valence-corrected chi connectivity index (χ2v) is 9.70. The van der Waals surface area contributed by atoms with Gasteiger partial charge in [-0.05, 0) is 66.6 Å². The molecule has 7 nitrogen and oxygen atoms in total. The fourth-order valence-corrected chi connectivity index (χ4v) is 4.57. The van der Waals surface area contributed by atoms with Crippen LogP contribution in [0.4, 0.5) is 11.4 Å². The van der Waals surface area contributed by atoms with Gasteiger partial charge in [-0.1, -0.05) is 43.8 Å². The molecule has 184 valence electrons. The molecule has 8 heteroatoms. The number of nitrogens with zero attached hydrogens (tertiary/aromatic N) is 1. The topological polar surface area (TPSA) is 87.7 Å². The van der Waals surface area contributed by atoms with Crippen molar-refractivity contribution in [3.8, 4) is 5.75 Å². The number of benzene rings is 3. The molecule has 0 radical (unpaired) electrons. The zero-order chi connectivity index (χ0) is 25.7. The van der Waals surface area contributed by atoms with Crippen LogP contribution in [0.3, 0.4) is 0 Å². The maximum absolute atomic E-state index is 13.2. The zero-order valence-electron chi connectivity index (χ0n) is 20.3.